The number of hydrogen-bond donors (Lipinski definition) is 1. The summed E-state index contributed by atoms with van der Waals surface area (Å²) in [6.07, 6.45) is 2.20. The lowest BCUT2D eigenvalue weighted by Gasteiger charge is -2.34. The van der Waals surface area contributed by atoms with Gasteiger partial charge in [-0.25, -0.2) is 0 Å². The summed E-state index contributed by atoms with van der Waals surface area (Å²) in [4.78, 5) is 0. The lowest BCUT2D eigenvalue weighted by Crippen LogP contribution is -2.48. The maximum atomic E-state index is 9.59. The zero-order valence-electron chi connectivity index (χ0n) is 5.93. The van der Waals surface area contributed by atoms with Crippen molar-refractivity contribution in [2.24, 2.45) is 0 Å². The zero-order valence-corrected chi connectivity index (χ0v) is 7.44. The van der Waals surface area contributed by atoms with Crippen molar-refractivity contribution in [3.8, 4) is 6.07 Å². The monoisotopic (exact) mass is 193 g/mol. The number of halogens is 2. The van der Waals surface area contributed by atoms with Gasteiger partial charge in [-0.15, -0.1) is 23.2 Å². The Balaban J connectivity index is 2.80. The van der Waals surface area contributed by atoms with Gasteiger partial charge in [-0.3, -0.25) is 0 Å². The second-order valence-electron chi connectivity index (χ2n) is 2.80. The van der Waals surface area contributed by atoms with Gasteiger partial charge in [0.05, 0.1) is 10.8 Å². The van der Waals surface area contributed by atoms with Gasteiger partial charge in [0.2, 0.25) is 0 Å². The highest BCUT2D eigenvalue weighted by Gasteiger charge is 2.45. The molecule has 2 unspecified atom stereocenters. The Hall–Kier alpha value is 0.0300. The molecule has 4 heteroatoms. The van der Waals surface area contributed by atoms with Crippen molar-refractivity contribution in [2.75, 3.05) is 0 Å². The highest BCUT2D eigenvalue weighted by atomic mass is 35.5. The summed E-state index contributed by atoms with van der Waals surface area (Å²) in [5, 5.41) is 17.2. The molecule has 0 aromatic rings. The van der Waals surface area contributed by atoms with E-state index in [1.165, 1.54) is 0 Å². The van der Waals surface area contributed by atoms with E-state index in [1.54, 1.807) is 6.07 Å². The predicted octanol–water partition coefficient (Wildman–Crippen LogP) is 1.64. The van der Waals surface area contributed by atoms with Crippen molar-refractivity contribution in [3.63, 3.8) is 0 Å². The van der Waals surface area contributed by atoms with Gasteiger partial charge >= 0.3 is 0 Å². The summed E-state index contributed by atoms with van der Waals surface area (Å²) < 4.78 is 0. The standard InChI is InChI=1S/C7H9Cl2NO/c8-5-2-1-3-6(9)7(5,11)4-10/h5-6,11H,1-3H2. The first kappa shape index (κ1) is 9.12. The molecule has 2 atom stereocenters. The Bertz CT molecular complexity index is 179. The summed E-state index contributed by atoms with van der Waals surface area (Å²) in [6.45, 7) is 0. The molecule has 0 aromatic heterocycles. The van der Waals surface area contributed by atoms with Crippen LogP contribution in [0, 0.1) is 11.3 Å². The van der Waals surface area contributed by atoms with E-state index in [-0.39, 0.29) is 0 Å². The molecule has 11 heavy (non-hydrogen) atoms. The van der Waals surface area contributed by atoms with Gasteiger partial charge in [0, 0.05) is 0 Å². The normalized spacial score (nSPS) is 44.9. The molecule has 1 saturated carbocycles. The lowest BCUT2D eigenvalue weighted by atomic mass is 9.85. The lowest BCUT2D eigenvalue weighted by molar-refractivity contribution is 0.0675. The molecule has 0 amide bonds. The minimum atomic E-state index is -1.53. The minimum Gasteiger partial charge on any atom is -0.373 e. The summed E-state index contributed by atoms with van der Waals surface area (Å²) >= 11 is 11.5. The van der Waals surface area contributed by atoms with Crippen molar-refractivity contribution in [3.05, 3.63) is 0 Å². The first-order chi connectivity index (χ1) is 5.11. The number of nitriles is 1. The van der Waals surface area contributed by atoms with Gasteiger partial charge in [0.15, 0.2) is 5.60 Å². The molecular weight excluding hydrogens is 185 g/mol. The van der Waals surface area contributed by atoms with Crippen molar-refractivity contribution in [1.29, 1.82) is 5.26 Å². The van der Waals surface area contributed by atoms with Crippen molar-refractivity contribution < 1.29 is 5.11 Å². The van der Waals surface area contributed by atoms with Crippen molar-refractivity contribution in [2.45, 2.75) is 35.6 Å². The highest BCUT2D eigenvalue weighted by Crippen LogP contribution is 2.35. The van der Waals surface area contributed by atoms with Crippen LogP contribution in [0.3, 0.4) is 0 Å². The van der Waals surface area contributed by atoms with Crippen LogP contribution >= 0.6 is 23.2 Å². The van der Waals surface area contributed by atoms with E-state index in [9.17, 15) is 5.11 Å². The molecule has 0 heterocycles. The van der Waals surface area contributed by atoms with Crippen LogP contribution in [0.15, 0.2) is 0 Å². The van der Waals surface area contributed by atoms with E-state index in [4.69, 9.17) is 28.5 Å². The van der Waals surface area contributed by atoms with Crippen LogP contribution in [0.1, 0.15) is 19.3 Å². The van der Waals surface area contributed by atoms with Crippen LogP contribution in [0.5, 0.6) is 0 Å². The van der Waals surface area contributed by atoms with E-state index in [1.807, 2.05) is 0 Å². The van der Waals surface area contributed by atoms with Crippen LogP contribution in [-0.2, 0) is 0 Å². The molecule has 0 bridgehead atoms. The summed E-state index contributed by atoms with van der Waals surface area (Å²) in [5.74, 6) is 0. The molecule has 0 aromatic carbocycles. The van der Waals surface area contributed by atoms with Crippen LogP contribution in [0.25, 0.3) is 0 Å². The third-order valence-electron chi connectivity index (χ3n) is 2.05. The van der Waals surface area contributed by atoms with E-state index < -0.39 is 16.4 Å². The fourth-order valence-electron chi connectivity index (χ4n) is 1.25. The van der Waals surface area contributed by atoms with Crippen molar-refractivity contribution >= 4 is 23.2 Å². The van der Waals surface area contributed by atoms with Crippen LogP contribution < -0.4 is 0 Å². The first-order valence-electron chi connectivity index (χ1n) is 3.53. The van der Waals surface area contributed by atoms with Crippen LogP contribution in [-0.4, -0.2) is 21.5 Å². The van der Waals surface area contributed by atoms with E-state index >= 15 is 0 Å². The molecule has 0 spiro atoms. The van der Waals surface area contributed by atoms with Crippen LogP contribution in [0.2, 0.25) is 0 Å². The number of hydrogen-bond acceptors (Lipinski definition) is 2. The molecule has 62 valence electrons. The minimum absolute atomic E-state index is 0.524. The molecule has 1 fully saturated rings. The molecule has 2 nitrogen and oxygen atoms in total. The van der Waals surface area contributed by atoms with Gasteiger partial charge in [0.1, 0.15) is 6.07 Å². The number of rotatable bonds is 0. The topological polar surface area (TPSA) is 44.0 Å². The summed E-state index contributed by atoms with van der Waals surface area (Å²) in [5.41, 5.74) is -1.53. The largest absolute Gasteiger partial charge is 0.373 e. The van der Waals surface area contributed by atoms with Gasteiger partial charge in [0.25, 0.3) is 0 Å². The Kier molecular flexibility index (Phi) is 2.64. The second kappa shape index (κ2) is 3.18. The molecule has 0 radical (unpaired) electrons. The number of aliphatic hydroxyl groups is 1. The maximum Gasteiger partial charge on any atom is 0.183 e. The van der Waals surface area contributed by atoms with Crippen LogP contribution in [0.4, 0.5) is 0 Å². The van der Waals surface area contributed by atoms with Crippen molar-refractivity contribution in [1.82, 2.24) is 0 Å². The van der Waals surface area contributed by atoms with Gasteiger partial charge < -0.3 is 5.11 Å². The highest BCUT2D eigenvalue weighted by molar-refractivity contribution is 6.25. The molecule has 1 N–H and O–H groups in total. The summed E-state index contributed by atoms with van der Waals surface area (Å²) in [6, 6.07) is 1.77. The molecule has 0 saturated heterocycles. The molecular formula is C7H9Cl2NO. The van der Waals surface area contributed by atoms with E-state index in [0.29, 0.717) is 12.8 Å². The Labute approximate surface area is 75.7 Å². The Morgan fingerprint density at radius 3 is 2.09 bits per heavy atom. The molecule has 0 aliphatic heterocycles. The zero-order chi connectivity index (χ0) is 8.48. The average Bonchev–Trinajstić information content (AvgIpc) is 2.00. The smallest absolute Gasteiger partial charge is 0.183 e. The van der Waals surface area contributed by atoms with Gasteiger partial charge in [-0.2, -0.15) is 5.26 Å². The van der Waals surface area contributed by atoms with Gasteiger partial charge in [-0.1, -0.05) is 6.42 Å². The third-order valence-corrected chi connectivity index (χ3v) is 3.15. The fraction of sp³-hybridized carbons (Fsp3) is 0.857. The number of alkyl halides is 2. The number of nitrogens with zero attached hydrogens (tertiary/aromatic N) is 1. The fourth-order valence-corrected chi connectivity index (χ4v) is 2.03. The maximum absolute atomic E-state index is 9.59. The van der Waals surface area contributed by atoms with E-state index in [0.717, 1.165) is 6.42 Å². The first-order valence-corrected chi connectivity index (χ1v) is 4.40. The van der Waals surface area contributed by atoms with Gasteiger partial charge in [-0.05, 0) is 12.8 Å². The Morgan fingerprint density at radius 1 is 1.36 bits per heavy atom. The molecule has 1 aliphatic rings. The predicted molar refractivity (Wildman–Crippen MR) is 43.7 cm³/mol. The van der Waals surface area contributed by atoms with E-state index in [2.05, 4.69) is 0 Å². The molecule has 1 rings (SSSR count). The average molecular weight is 194 g/mol. The Morgan fingerprint density at radius 2 is 1.82 bits per heavy atom. The quantitative estimate of drug-likeness (QED) is 0.470. The summed E-state index contributed by atoms with van der Waals surface area (Å²) in [7, 11) is 0. The third kappa shape index (κ3) is 1.46. The SMILES string of the molecule is N#CC1(O)C(Cl)CCCC1Cl. The second-order valence-corrected chi connectivity index (χ2v) is 3.86. The molecule has 1 aliphatic carbocycles.